The first-order valence-electron chi connectivity index (χ1n) is 8.57. The van der Waals surface area contributed by atoms with Gasteiger partial charge < -0.3 is 15.1 Å². The molecule has 0 bridgehead atoms. The molecule has 0 saturated carbocycles. The van der Waals surface area contributed by atoms with Gasteiger partial charge in [0.15, 0.2) is 0 Å². The fourth-order valence-electron chi connectivity index (χ4n) is 2.90. The van der Waals surface area contributed by atoms with Crippen molar-refractivity contribution in [2.75, 3.05) is 23.1 Å². The van der Waals surface area contributed by atoms with Gasteiger partial charge in [-0.1, -0.05) is 18.2 Å². The third-order valence-electron chi connectivity index (χ3n) is 4.36. The first-order chi connectivity index (χ1) is 12.9. The van der Waals surface area contributed by atoms with Crippen LogP contribution in [0.1, 0.15) is 22.8 Å². The van der Waals surface area contributed by atoms with Gasteiger partial charge in [-0.2, -0.15) is 0 Å². The molecule has 0 saturated heterocycles. The molecule has 9 heteroatoms. The minimum Gasteiger partial charge on any atom is -0.472 e. The second-order valence-corrected chi connectivity index (χ2v) is 8.28. The summed E-state index contributed by atoms with van der Waals surface area (Å²) >= 11 is 0. The number of carbonyl (C=O) groups is 2. The number of para-hydroxylation sites is 1. The van der Waals surface area contributed by atoms with Crippen molar-refractivity contribution in [3.8, 4) is 0 Å². The summed E-state index contributed by atoms with van der Waals surface area (Å²) in [7, 11) is -3.53. The number of anilines is 1. The van der Waals surface area contributed by atoms with Crippen LogP contribution in [0.15, 0.2) is 47.3 Å². The van der Waals surface area contributed by atoms with Crippen molar-refractivity contribution in [3.05, 3.63) is 54.0 Å². The molecule has 2 amide bonds. The molecule has 27 heavy (non-hydrogen) atoms. The Morgan fingerprint density at radius 3 is 2.78 bits per heavy atom. The summed E-state index contributed by atoms with van der Waals surface area (Å²) in [6.45, 7) is 1.90. The number of rotatable bonds is 7. The van der Waals surface area contributed by atoms with E-state index in [0.29, 0.717) is 24.2 Å². The average molecular weight is 391 g/mol. The van der Waals surface area contributed by atoms with E-state index in [1.54, 1.807) is 12.1 Å². The van der Waals surface area contributed by atoms with E-state index in [2.05, 4.69) is 10.6 Å². The smallest absolute Gasteiger partial charge is 0.255 e. The molecule has 0 aliphatic carbocycles. The number of nitrogens with one attached hydrogen (secondary N) is 2. The molecule has 3 rings (SSSR count). The Morgan fingerprint density at radius 1 is 1.26 bits per heavy atom. The van der Waals surface area contributed by atoms with Crippen molar-refractivity contribution < 1.29 is 22.4 Å². The summed E-state index contributed by atoms with van der Waals surface area (Å²) in [6, 6.07) is 8.07. The van der Waals surface area contributed by atoms with Gasteiger partial charge in [0.05, 0.1) is 23.3 Å². The molecule has 0 spiro atoms. The summed E-state index contributed by atoms with van der Waals surface area (Å²) in [6.07, 6.45) is 3.32. The Morgan fingerprint density at radius 2 is 2.04 bits per heavy atom. The summed E-state index contributed by atoms with van der Waals surface area (Å²) in [5, 5.41) is 5.08. The number of benzene rings is 1. The van der Waals surface area contributed by atoms with Crippen molar-refractivity contribution in [2.45, 2.75) is 19.4 Å². The molecule has 1 aliphatic heterocycles. The zero-order chi connectivity index (χ0) is 19.4. The highest BCUT2D eigenvalue weighted by Crippen LogP contribution is 2.29. The van der Waals surface area contributed by atoms with E-state index in [4.69, 9.17) is 4.42 Å². The zero-order valence-corrected chi connectivity index (χ0v) is 15.7. The van der Waals surface area contributed by atoms with Crippen LogP contribution in [0.2, 0.25) is 0 Å². The largest absolute Gasteiger partial charge is 0.472 e. The van der Waals surface area contributed by atoms with E-state index in [1.807, 2.05) is 12.1 Å². The van der Waals surface area contributed by atoms with Crippen LogP contribution in [0.5, 0.6) is 0 Å². The normalized spacial score (nSPS) is 14.5. The van der Waals surface area contributed by atoms with E-state index >= 15 is 0 Å². The van der Waals surface area contributed by atoms with Gasteiger partial charge in [-0.3, -0.25) is 13.9 Å². The molecule has 0 unspecified atom stereocenters. The van der Waals surface area contributed by atoms with Crippen LogP contribution < -0.4 is 14.9 Å². The minimum absolute atomic E-state index is 0.0360. The lowest BCUT2D eigenvalue weighted by Gasteiger charge is -2.20. The number of hydrogen-bond donors (Lipinski definition) is 2. The highest BCUT2D eigenvalue weighted by molar-refractivity contribution is 7.92. The molecule has 2 N–H and O–H groups in total. The van der Waals surface area contributed by atoms with Crippen LogP contribution in [-0.4, -0.2) is 45.1 Å². The highest BCUT2D eigenvalue weighted by Gasteiger charge is 2.29. The number of amides is 2. The first kappa shape index (κ1) is 19.0. The molecule has 1 aromatic heterocycles. The molecule has 0 radical (unpaired) electrons. The predicted octanol–water partition coefficient (Wildman–Crippen LogP) is 0.907. The quantitative estimate of drug-likeness (QED) is 0.729. The maximum Gasteiger partial charge on any atom is 0.255 e. The standard InChI is InChI=1S/C18H21N3O5S/c1-13(20-18(23)15-7-10-26-12-15)17(22)19-8-11-27(24,25)21-9-6-14-4-2-3-5-16(14)21/h2-5,7,10,12-13H,6,8-9,11H2,1H3,(H,19,22)(H,20,23)/t13-/m0/s1. The number of sulfonamides is 1. The zero-order valence-electron chi connectivity index (χ0n) is 14.8. The van der Waals surface area contributed by atoms with Crippen molar-refractivity contribution in [1.82, 2.24) is 10.6 Å². The molecule has 2 aromatic rings. The predicted molar refractivity (Wildman–Crippen MR) is 99.9 cm³/mol. The van der Waals surface area contributed by atoms with Crippen molar-refractivity contribution in [1.29, 1.82) is 0 Å². The summed E-state index contributed by atoms with van der Waals surface area (Å²) < 4.78 is 31.4. The number of carbonyl (C=O) groups excluding carboxylic acids is 2. The SMILES string of the molecule is C[C@H](NC(=O)c1ccoc1)C(=O)NCCS(=O)(=O)N1CCc2ccccc21. The van der Waals surface area contributed by atoms with Crippen LogP contribution in [0.4, 0.5) is 5.69 Å². The Kier molecular flexibility index (Phi) is 5.50. The van der Waals surface area contributed by atoms with Crippen molar-refractivity contribution >= 4 is 27.5 Å². The molecule has 8 nitrogen and oxygen atoms in total. The Balaban J connectivity index is 1.50. The number of nitrogens with zero attached hydrogens (tertiary/aromatic N) is 1. The third-order valence-corrected chi connectivity index (χ3v) is 6.13. The average Bonchev–Trinajstić information content (AvgIpc) is 3.31. The van der Waals surface area contributed by atoms with Crippen molar-refractivity contribution in [3.63, 3.8) is 0 Å². The van der Waals surface area contributed by atoms with Crippen LogP contribution >= 0.6 is 0 Å². The van der Waals surface area contributed by atoms with Crippen LogP contribution in [-0.2, 0) is 21.2 Å². The number of hydrogen-bond acceptors (Lipinski definition) is 5. The highest BCUT2D eigenvalue weighted by atomic mass is 32.2. The van der Waals surface area contributed by atoms with Gasteiger partial charge >= 0.3 is 0 Å². The monoisotopic (exact) mass is 391 g/mol. The lowest BCUT2D eigenvalue weighted by molar-refractivity contribution is -0.122. The fraction of sp³-hybridized carbons (Fsp3) is 0.333. The molecule has 144 valence electrons. The van der Waals surface area contributed by atoms with Gasteiger partial charge in [-0.05, 0) is 31.0 Å². The van der Waals surface area contributed by atoms with Crippen LogP contribution in [0.25, 0.3) is 0 Å². The topological polar surface area (TPSA) is 109 Å². The van der Waals surface area contributed by atoms with E-state index in [1.165, 1.54) is 29.8 Å². The summed E-state index contributed by atoms with van der Waals surface area (Å²) in [5.41, 5.74) is 2.01. The first-order valence-corrected chi connectivity index (χ1v) is 10.2. The Bertz CT molecular complexity index is 924. The second-order valence-electron chi connectivity index (χ2n) is 6.27. The molecule has 1 aliphatic rings. The summed E-state index contributed by atoms with van der Waals surface area (Å²) in [5.74, 6) is -1.10. The maximum atomic E-state index is 12.6. The Labute approximate surface area is 157 Å². The lowest BCUT2D eigenvalue weighted by atomic mass is 10.2. The summed E-state index contributed by atoms with van der Waals surface area (Å²) in [4.78, 5) is 24.0. The second kappa shape index (κ2) is 7.83. The van der Waals surface area contributed by atoms with Gasteiger partial charge in [0.25, 0.3) is 5.91 Å². The molecule has 2 heterocycles. The molecule has 1 atom stereocenters. The van der Waals surface area contributed by atoms with E-state index in [9.17, 15) is 18.0 Å². The van der Waals surface area contributed by atoms with Gasteiger partial charge in [-0.25, -0.2) is 8.42 Å². The van der Waals surface area contributed by atoms with Gasteiger partial charge in [0.2, 0.25) is 15.9 Å². The van der Waals surface area contributed by atoms with E-state index in [-0.39, 0.29) is 12.3 Å². The van der Waals surface area contributed by atoms with Gasteiger partial charge in [-0.15, -0.1) is 0 Å². The van der Waals surface area contributed by atoms with Crippen LogP contribution in [0.3, 0.4) is 0 Å². The molecule has 1 aromatic carbocycles. The maximum absolute atomic E-state index is 12.6. The lowest BCUT2D eigenvalue weighted by Crippen LogP contribution is -2.46. The van der Waals surface area contributed by atoms with E-state index in [0.717, 1.165) is 5.56 Å². The Hall–Kier alpha value is -2.81. The molecule has 0 fully saturated rings. The minimum atomic E-state index is -3.53. The molecular formula is C18H21N3O5S. The third kappa shape index (κ3) is 4.30. The van der Waals surface area contributed by atoms with Gasteiger partial charge in [0.1, 0.15) is 12.3 Å². The van der Waals surface area contributed by atoms with Gasteiger partial charge in [0, 0.05) is 13.1 Å². The number of fused-ring (bicyclic) bond motifs is 1. The van der Waals surface area contributed by atoms with Crippen molar-refractivity contribution in [2.24, 2.45) is 0 Å². The molecular weight excluding hydrogens is 370 g/mol. The fourth-order valence-corrected chi connectivity index (χ4v) is 4.33. The number of furan rings is 1. The van der Waals surface area contributed by atoms with Crippen LogP contribution in [0, 0.1) is 0 Å². The van der Waals surface area contributed by atoms with E-state index < -0.39 is 27.9 Å².